The molecule has 1 N–H and O–H groups in total. The highest BCUT2D eigenvalue weighted by Gasteiger charge is 2.42. The standard InChI is InChI=1S/C24H20F3NO4/c1-13(29)11-15-7-9-16(10-8-15)28-22(30)19-14(2)17-5-3-4-6-18(17)21(20(19)23(28)31)32-12-24(25,26)27/h3-10,23,31H,11-12H2,1-2H3. The van der Waals surface area contributed by atoms with Gasteiger partial charge < -0.3 is 9.84 Å². The van der Waals surface area contributed by atoms with Crippen LogP contribution in [0.1, 0.15) is 40.2 Å². The first-order chi connectivity index (χ1) is 15.1. The number of amides is 1. The monoisotopic (exact) mass is 443 g/mol. The number of hydrogen-bond acceptors (Lipinski definition) is 4. The van der Waals surface area contributed by atoms with Crippen LogP contribution in [-0.2, 0) is 11.2 Å². The number of ketones is 1. The molecule has 166 valence electrons. The fourth-order valence-corrected chi connectivity index (χ4v) is 4.12. The van der Waals surface area contributed by atoms with Gasteiger partial charge in [-0.2, -0.15) is 13.2 Å². The number of fused-ring (bicyclic) bond motifs is 2. The lowest BCUT2D eigenvalue weighted by molar-refractivity contribution is -0.153. The molecule has 0 saturated carbocycles. The van der Waals surface area contributed by atoms with Gasteiger partial charge in [-0.15, -0.1) is 0 Å². The van der Waals surface area contributed by atoms with Gasteiger partial charge in [-0.25, -0.2) is 0 Å². The molecule has 0 aliphatic carbocycles. The molecular formula is C24H20F3NO4. The number of carbonyl (C=O) groups excluding carboxylic acids is 2. The Morgan fingerprint density at radius 3 is 2.31 bits per heavy atom. The first-order valence-electron chi connectivity index (χ1n) is 9.93. The second-order valence-electron chi connectivity index (χ2n) is 7.79. The summed E-state index contributed by atoms with van der Waals surface area (Å²) in [6, 6.07) is 13.2. The van der Waals surface area contributed by atoms with Crippen molar-refractivity contribution in [3.63, 3.8) is 0 Å². The van der Waals surface area contributed by atoms with Gasteiger partial charge in [-0.3, -0.25) is 14.5 Å². The summed E-state index contributed by atoms with van der Waals surface area (Å²) in [6.07, 6.45) is -5.88. The van der Waals surface area contributed by atoms with Gasteiger partial charge >= 0.3 is 6.18 Å². The van der Waals surface area contributed by atoms with Crippen LogP contribution in [-0.4, -0.2) is 29.6 Å². The molecule has 1 aliphatic heterocycles. The Balaban J connectivity index is 1.84. The average Bonchev–Trinajstić information content (AvgIpc) is 2.98. The lowest BCUT2D eigenvalue weighted by Gasteiger charge is -2.22. The smallest absolute Gasteiger partial charge is 0.422 e. The average molecular weight is 443 g/mol. The zero-order valence-electron chi connectivity index (χ0n) is 17.4. The van der Waals surface area contributed by atoms with Crippen molar-refractivity contribution in [1.29, 1.82) is 0 Å². The highest BCUT2D eigenvalue weighted by molar-refractivity contribution is 6.16. The minimum atomic E-state index is -4.58. The van der Waals surface area contributed by atoms with Crippen molar-refractivity contribution >= 4 is 28.2 Å². The Hall–Kier alpha value is -3.39. The summed E-state index contributed by atoms with van der Waals surface area (Å²) in [5.74, 6) is -0.710. The van der Waals surface area contributed by atoms with Crippen molar-refractivity contribution in [3.8, 4) is 5.75 Å². The molecule has 1 aliphatic rings. The molecule has 1 atom stereocenters. The number of halogens is 3. The summed E-state index contributed by atoms with van der Waals surface area (Å²) in [6.45, 7) is 1.61. The van der Waals surface area contributed by atoms with E-state index in [0.29, 0.717) is 22.0 Å². The first-order valence-corrected chi connectivity index (χ1v) is 9.93. The maximum absolute atomic E-state index is 13.3. The number of rotatable bonds is 5. The second kappa shape index (κ2) is 7.94. The minimum absolute atomic E-state index is 0.0169. The Kier molecular flexibility index (Phi) is 5.42. The number of aliphatic hydroxyl groups is 1. The van der Waals surface area contributed by atoms with Gasteiger partial charge in [0.15, 0.2) is 12.8 Å². The number of aliphatic hydroxyl groups excluding tert-OH is 1. The topological polar surface area (TPSA) is 66.8 Å². The minimum Gasteiger partial charge on any atom is -0.483 e. The van der Waals surface area contributed by atoms with Crippen LogP contribution in [0.5, 0.6) is 5.75 Å². The van der Waals surface area contributed by atoms with Crippen molar-refractivity contribution in [2.24, 2.45) is 0 Å². The molecule has 3 aromatic carbocycles. The fraction of sp³-hybridized carbons (Fsp3) is 0.250. The summed E-state index contributed by atoms with van der Waals surface area (Å²) >= 11 is 0. The van der Waals surface area contributed by atoms with Crippen LogP contribution < -0.4 is 9.64 Å². The van der Waals surface area contributed by atoms with E-state index in [2.05, 4.69) is 0 Å². The molecule has 1 heterocycles. The van der Waals surface area contributed by atoms with Gasteiger partial charge in [-0.1, -0.05) is 36.4 Å². The highest BCUT2D eigenvalue weighted by atomic mass is 19.4. The number of ether oxygens (including phenoxy) is 1. The molecule has 0 saturated heterocycles. The van der Waals surface area contributed by atoms with Gasteiger partial charge in [0, 0.05) is 17.5 Å². The number of alkyl halides is 3. The van der Waals surface area contributed by atoms with Crippen molar-refractivity contribution in [3.05, 3.63) is 70.8 Å². The molecule has 3 aromatic rings. The number of Topliss-reactive ketones (excluding diaryl/α,β-unsaturated/α-hetero) is 1. The third kappa shape index (κ3) is 3.82. The fourth-order valence-electron chi connectivity index (χ4n) is 4.12. The molecule has 4 rings (SSSR count). The van der Waals surface area contributed by atoms with Crippen molar-refractivity contribution < 1.29 is 32.6 Å². The summed E-state index contributed by atoms with van der Waals surface area (Å²) < 4.78 is 43.9. The number of carbonyl (C=O) groups is 2. The van der Waals surface area contributed by atoms with Crippen LogP contribution in [0.25, 0.3) is 10.8 Å². The van der Waals surface area contributed by atoms with Crippen LogP contribution in [0.4, 0.5) is 18.9 Å². The normalized spacial score (nSPS) is 15.9. The van der Waals surface area contributed by atoms with E-state index in [-0.39, 0.29) is 29.1 Å². The van der Waals surface area contributed by atoms with Crippen molar-refractivity contribution in [1.82, 2.24) is 0 Å². The highest BCUT2D eigenvalue weighted by Crippen LogP contribution is 2.47. The molecular weight excluding hydrogens is 423 g/mol. The van der Waals surface area contributed by atoms with Crippen molar-refractivity contribution in [2.45, 2.75) is 32.7 Å². The van der Waals surface area contributed by atoms with Crippen LogP contribution in [0.15, 0.2) is 48.5 Å². The Morgan fingerprint density at radius 1 is 1.09 bits per heavy atom. The zero-order valence-corrected chi connectivity index (χ0v) is 17.4. The number of benzene rings is 3. The lowest BCUT2D eigenvalue weighted by atomic mass is 9.94. The van der Waals surface area contributed by atoms with Gasteiger partial charge in [-0.05, 0) is 42.5 Å². The molecule has 0 fully saturated rings. The lowest BCUT2D eigenvalue weighted by Crippen LogP contribution is -2.27. The van der Waals surface area contributed by atoms with E-state index in [9.17, 15) is 27.9 Å². The number of nitrogens with zero attached hydrogens (tertiary/aromatic N) is 1. The van der Waals surface area contributed by atoms with E-state index in [4.69, 9.17) is 4.74 Å². The van der Waals surface area contributed by atoms with Crippen molar-refractivity contribution in [2.75, 3.05) is 11.5 Å². The zero-order chi connectivity index (χ0) is 23.2. The molecule has 0 aromatic heterocycles. The summed E-state index contributed by atoms with van der Waals surface area (Å²) in [5.41, 5.74) is 1.80. The molecule has 0 bridgehead atoms. The predicted molar refractivity (Wildman–Crippen MR) is 113 cm³/mol. The van der Waals surface area contributed by atoms with E-state index >= 15 is 0 Å². The molecule has 0 spiro atoms. The Bertz CT molecular complexity index is 1220. The maximum Gasteiger partial charge on any atom is 0.422 e. The Morgan fingerprint density at radius 2 is 1.72 bits per heavy atom. The molecule has 8 heteroatoms. The van der Waals surface area contributed by atoms with E-state index in [0.717, 1.165) is 10.5 Å². The largest absolute Gasteiger partial charge is 0.483 e. The van der Waals surface area contributed by atoms with E-state index in [1.165, 1.54) is 6.92 Å². The van der Waals surface area contributed by atoms with Crippen LogP contribution in [0.2, 0.25) is 0 Å². The van der Waals surface area contributed by atoms with E-state index < -0.39 is 24.9 Å². The predicted octanol–water partition coefficient (Wildman–Crippen LogP) is 4.87. The molecule has 5 nitrogen and oxygen atoms in total. The maximum atomic E-state index is 13.3. The number of anilines is 1. The van der Waals surface area contributed by atoms with Gasteiger partial charge in [0.2, 0.25) is 0 Å². The second-order valence-corrected chi connectivity index (χ2v) is 7.79. The molecule has 32 heavy (non-hydrogen) atoms. The third-order valence-corrected chi connectivity index (χ3v) is 5.45. The Labute approximate surface area is 182 Å². The van der Waals surface area contributed by atoms with Gasteiger partial charge in [0.25, 0.3) is 5.91 Å². The quantitative estimate of drug-likeness (QED) is 0.611. The summed E-state index contributed by atoms with van der Waals surface area (Å²) in [7, 11) is 0. The number of hydrogen-bond donors (Lipinski definition) is 1. The van der Waals surface area contributed by atoms with Gasteiger partial charge in [0.1, 0.15) is 11.5 Å². The summed E-state index contributed by atoms with van der Waals surface area (Å²) in [4.78, 5) is 25.8. The van der Waals surface area contributed by atoms with Crippen LogP contribution >= 0.6 is 0 Å². The van der Waals surface area contributed by atoms with Gasteiger partial charge in [0.05, 0.1) is 11.1 Å². The molecule has 1 amide bonds. The van der Waals surface area contributed by atoms with E-state index in [1.54, 1.807) is 55.5 Å². The first kappa shape index (κ1) is 21.8. The molecule has 1 unspecified atom stereocenters. The third-order valence-electron chi connectivity index (χ3n) is 5.45. The summed E-state index contributed by atoms with van der Waals surface area (Å²) in [5, 5.41) is 12.0. The SMILES string of the molecule is CC(=O)Cc1ccc(N2C(=O)c3c(c(OCC(F)(F)F)c4ccccc4c3C)C2O)cc1. The van der Waals surface area contributed by atoms with E-state index in [1.807, 2.05) is 0 Å². The van der Waals surface area contributed by atoms with Crippen LogP contribution in [0.3, 0.4) is 0 Å². The molecule has 0 radical (unpaired) electrons. The van der Waals surface area contributed by atoms with Crippen LogP contribution in [0, 0.1) is 6.92 Å². The number of aryl methyl sites for hydroxylation is 1.